The molecule has 0 bridgehead atoms. The van der Waals surface area contributed by atoms with Crippen molar-refractivity contribution in [2.75, 3.05) is 0 Å². The van der Waals surface area contributed by atoms with Crippen LogP contribution >= 0.6 is 0 Å². The van der Waals surface area contributed by atoms with Crippen LogP contribution in [0.5, 0.6) is 0 Å². The van der Waals surface area contributed by atoms with Gasteiger partial charge in [0.05, 0.1) is 5.56 Å². The number of benzene rings is 1. The van der Waals surface area contributed by atoms with Gasteiger partial charge in [0.1, 0.15) is 13.7 Å². The Morgan fingerprint density at radius 3 is 1.95 bits per heavy atom. The lowest BCUT2D eigenvalue weighted by atomic mass is 9.82. The average Bonchev–Trinajstić information content (AvgIpc) is 2.39. The molecule has 6 heteroatoms. The molecule has 21 heavy (non-hydrogen) atoms. The van der Waals surface area contributed by atoms with Gasteiger partial charge in [0, 0.05) is 5.56 Å². The van der Waals surface area contributed by atoms with E-state index in [-0.39, 0.29) is 11.4 Å². The fraction of sp³-hybridized carbons (Fsp3) is 0.200. The molecule has 1 unspecified atom stereocenters. The van der Waals surface area contributed by atoms with Crippen molar-refractivity contribution in [3.63, 3.8) is 0 Å². The first-order valence-electron chi connectivity index (χ1n) is 6.24. The van der Waals surface area contributed by atoms with E-state index in [9.17, 15) is 22.0 Å². The number of hydrogen-bond donors (Lipinski definition) is 0. The van der Waals surface area contributed by atoms with E-state index in [0.29, 0.717) is 0 Å². The van der Waals surface area contributed by atoms with Crippen LogP contribution in [-0.4, -0.2) is 7.85 Å². The van der Waals surface area contributed by atoms with Crippen molar-refractivity contribution < 1.29 is 22.0 Å². The van der Waals surface area contributed by atoms with Gasteiger partial charge in [-0.3, -0.25) is 0 Å². The van der Waals surface area contributed by atoms with Gasteiger partial charge in [-0.1, -0.05) is 37.2 Å². The van der Waals surface area contributed by atoms with Gasteiger partial charge in [0.2, 0.25) is 0 Å². The van der Waals surface area contributed by atoms with Gasteiger partial charge >= 0.3 is 0 Å². The summed E-state index contributed by atoms with van der Waals surface area (Å²) < 4.78 is 67.5. The fourth-order valence-electron chi connectivity index (χ4n) is 2.09. The van der Waals surface area contributed by atoms with Gasteiger partial charge in [0.25, 0.3) is 0 Å². The van der Waals surface area contributed by atoms with Crippen molar-refractivity contribution in [2.45, 2.75) is 13.8 Å². The molecule has 1 rings (SSSR count). The number of rotatable bonds is 4. The minimum Gasteiger partial charge on any atom is -0.207 e. The molecule has 1 aromatic carbocycles. The first-order chi connectivity index (χ1) is 9.72. The van der Waals surface area contributed by atoms with E-state index in [1.165, 1.54) is 13.9 Å². The first kappa shape index (κ1) is 17.2. The monoisotopic (exact) mass is 300 g/mol. The van der Waals surface area contributed by atoms with Crippen LogP contribution in [0.1, 0.15) is 25.0 Å². The largest absolute Gasteiger partial charge is 0.207 e. The Kier molecular flexibility index (Phi) is 5.52. The van der Waals surface area contributed by atoms with E-state index >= 15 is 0 Å². The second-order valence-corrected chi connectivity index (χ2v) is 4.65. The van der Waals surface area contributed by atoms with Crippen LogP contribution in [0.2, 0.25) is 0 Å². The molecule has 0 N–H and O–H groups in total. The van der Waals surface area contributed by atoms with Crippen LogP contribution in [0.3, 0.4) is 0 Å². The zero-order valence-corrected chi connectivity index (χ0v) is 11.9. The predicted octanol–water partition coefficient (Wildman–Crippen LogP) is 4.37. The SMILES string of the molecule is B/C(=C\C(C)C=CC)c1c(F)c(F)c(F)c(F)c1C(=C)F. The smallest absolute Gasteiger partial charge is 0.198 e. The maximum absolute atomic E-state index is 13.9. The Balaban J connectivity index is 3.65. The van der Waals surface area contributed by atoms with E-state index in [4.69, 9.17) is 0 Å². The maximum atomic E-state index is 13.9. The normalized spacial score (nSPS) is 13.8. The molecule has 0 aliphatic carbocycles. The third kappa shape index (κ3) is 3.43. The minimum atomic E-state index is -2.06. The van der Waals surface area contributed by atoms with Crippen molar-refractivity contribution in [3.05, 3.63) is 59.2 Å². The Labute approximate surface area is 121 Å². The summed E-state index contributed by atoms with van der Waals surface area (Å²) >= 11 is 0. The van der Waals surface area contributed by atoms with Gasteiger partial charge in [0.15, 0.2) is 23.3 Å². The summed E-state index contributed by atoms with van der Waals surface area (Å²) in [6.45, 7) is 6.37. The first-order valence-corrected chi connectivity index (χ1v) is 6.24. The summed E-state index contributed by atoms with van der Waals surface area (Å²) in [6.07, 6.45) is 4.98. The zero-order chi connectivity index (χ0) is 16.3. The number of hydrogen-bond acceptors (Lipinski definition) is 0. The third-order valence-corrected chi connectivity index (χ3v) is 2.94. The molecule has 112 valence electrons. The second-order valence-electron chi connectivity index (χ2n) is 4.65. The second kappa shape index (κ2) is 6.74. The van der Waals surface area contributed by atoms with Crippen molar-refractivity contribution >= 4 is 19.1 Å². The summed E-state index contributed by atoms with van der Waals surface area (Å²) in [5, 5.41) is 0. The molecule has 0 amide bonds. The summed E-state index contributed by atoms with van der Waals surface area (Å²) in [6, 6.07) is 0. The summed E-state index contributed by atoms with van der Waals surface area (Å²) in [7, 11) is 1.36. The van der Waals surface area contributed by atoms with Crippen molar-refractivity contribution in [1.82, 2.24) is 0 Å². The average molecular weight is 300 g/mol. The van der Waals surface area contributed by atoms with Crippen LogP contribution in [0.15, 0.2) is 24.8 Å². The molecular weight excluding hydrogens is 286 g/mol. The van der Waals surface area contributed by atoms with E-state index in [1.807, 2.05) is 0 Å². The molecule has 0 heterocycles. The van der Waals surface area contributed by atoms with Crippen LogP contribution in [0.25, 0.3) is 11.3 Å². The van der Waals surface area contributed by atoms with E-state index in [0.717, 1.165) is 0 Å². The highest BCUT2D eigenvalue weighted by atomic mass is 19.2. The van der Waals surface area contributed by atoms with Gasteiger partial charge in [-0.25, -0.2) is 22.0 Å². The van der Waals surface area contributed by atoms with Crippen LogP contribution in [-0.2, 0) is 0 Å². The Bertz CT molecular complexity index is 632. The van der Waals surface area contributed by atoms with Crippen molar-refractivity contribution in [1.29, 1.82) is 0 Å². The highest BCUT2D eigenvalue weighted by Crippen LogP contribution is 2.33. The van der Waals surface area contributed by atoms with E-state index < -0.39 is 40.2 Å². The quantitative estimate of drug-likeness (QED) is 0.255. The summed E-state index contributed by atoms with van der Waals surface area (Å²) in [4.78, 5) is 0. The lowest BCUT2D eigenvalue weighted by molar-refractivity contribution is 0.405. The molecule has 0 aromatic heterocycles. The summed E-state index contributed by atoms with van der Waals surface area (Å²) in [5.74, 6) is -9.00. The Morgan fingerprint density at radius 1 is 1.05 bits per heavy atom. The standard InChI is InChI=1S/C15H14BF5/c1-4-5-7(2)6-9(16)11-10(8(3)17)12(18)14(20)15(21)13(11)19/h4-7H,3,16H2,1-2H3/b5-4?,9-6-. The molecule has 0 aliphatic heterocycles. The zero-order valence-electron chi connectivity index (χ0n) is 11.9. The van der Waals surface area contributed by atoms with E-state index in [2.05, 4.69) is 6.58 Å². The summed E-state index contributed by atoms with van der Waals surface area (Å²) in [5.41, 5.74) is -1.56. The molecule has 0 radical (unpaired) electrons. The molecule has 0 aliphatic rings. The highest BCUT2D eigenvalue weighted by Gasteiger charge is 2.27. The third-order valence-electron chi connectivity index (χ3n) is 2.94. The Hall–Kier alpha value is -1.85. The lowest BCUT2D eigenvalue weighted by Gasteiger charge is -2.14. The number of halogens is 5. The molecule has 0 saturated carbocycles. The molecule has 0 spiro atoms. The van der Waals surface area contributed by atoms with Gasteiger partial charge in [-0.2, -0.15) is 0 Å². The minimum absolute atomic E-state index is 0.0877. The van der Waals surface area contributed by atoms with Gasteiger partial charge in [-0.05, 0) is 12.8 Å². The molecule has 0 nitrogen and oxygen atoms in total. The Morgan fingerprint density at radius 2 is 1.52 bits per heavy atom. The van der Waals surface area contributed by atoms with Crippen LogP contribution < -0.4 is 0 Å². The van der Waals surface area contributed by atoms with Crippen molar-refractivity contribution in [2.24, 2.45) is 5.92 Å². The van der Waals surface area contributed by atoms with Gasteiger partial charge < -0.3 is 0 Å². The molecular formula is C15H14BF5. The molecule has 0 saturated heterocycles. The fourth-order valence-corrected chi connectivity index (χ4v) is 2.09. The van der Waals surface area contributed by atoms with Crippen LogP contribution in [0.4, 0.5) is 22.0 Å². The maximum Gasteiger partial charge on any atom is 0.198 e. The molecule has 1 aromatic rings. The molecule has 0 fully saturated rings. The molecule has 1 atom stereocenters. The topological polar surface area (TPSA) is 0 Å². The van der Waals surface area contributed by atoms with E-state index in [1.54, 1.807) is 26.0 Å². The lowest BCUT2D eigenvalue weighted by Crippen LogP contribution is -2.08. The van der Waals surface area contributed by atoms with Crippen molar-refractivity contribution in [3.8, 4) is 0 Å². The van der Waals surface area contributed by atoms with Gasteiger partial charge in [-0.15, -0.1) is 0 Å². The highest BCUT2D eigenvalue weighted by molar-refractivity contribution is 6.42. The number of allylic oxidation sites excluding steroid dienone is 3. The predicted molar refractivity (Wildman–Crippen MR) is 76.9 cm³/mol. The van der Waals surface area contributed by atoms with Crippen LogP contribution in [0, 0.1) is 29.2 Å².